The number of aliphatic hydroxyl groups excluding tert-OH is 4. The van der Waals surface area contributed by atoms with Crippen molar-refractivity contribution in [3.8, 4) is 0 Å². The monoisotopic (exact) mass is 236 g/mol. The summed E-state index contributed by atoms with van der Waals surface area (Å²) < 4.78 is 5.43. The first-order chi connectivity index (χ1) is 7.35. The van der Waals surface area contributed by atoms with Gasteiger partial charge in [-0.25, -0.2) is 0 Å². The van der Waals surface area contributed by atoms with Crippen molar-refractivity contribution in [1.82, 2.24) is 0 Å². The molecule has 0 radical (unpaired) electrons. The van der Waals surface area contributed by atoms with E-state index in [1.807, 2.05) is 21.0 Å². The van der Waals surface area contributed by atoms with E-state index >= 15 is 0 Å². The molecule has 0 bridgehead atoms. The number of nitrogens with zero attached hydrogens (tertiary/aromatic N) is 1. The van der Waals surface area contributed by atoms with Gasteiger partial charge in [0.05, 0.1) is 27.2 Å². The molecule has 5 atom stereocenters. The second-order valence-corrected chi connectivity index (χ2v) is 4.81. The van der Waals surface area contributed by atoms with Gasteiger partial charge in [-0.15, -0.1) is 0 Å². The van der Waals surface area contributed by atoms with Crippen molar-refractivity contribution in [2.75, 3.05) is 27.2 Å². The van der Waals surface area contributed by atoms with Crippen LogP contribution in [0.1, 0.15) is 6.92 Å². The Morgan fingerprint density at radius 2 is 1.69 bits per heavy atom. The SMILES string of the molecule is CC[N+](C)(C)[C@H]1C(O)O[C@H](CO)[C@@H](O)[C@@H]1O. The van der Waals surface area contributed by atoms with Crippen LogP contribution in [0.3, 0.4) is 0 Å². The topological polar surface area (TPSA) is 90.2 Å². The highest BCUT2D eigenvalue weighted by Gasteiger charge is 2.50. The zero-order valence-electron chi connectivity index (χ0n) is 9.95. The van der Waals surface area contributed by atoms with Crippen molar-refractivity contribution in [2.45, 2.75) is 37.6 Å². The van der Waals surface area contributed by atoms with E-state index in [1.54, 1.807) is 0 Å². The van der Waals surface area contributed by atoms with E-state index in [2.05, 4.69) is 0 Å². The molecule has 1 rings (SSSR count). The average molecular weight is 236 g/mol. The normalized spacial score (nSPS) is 41.1. The van der Waals surface area contributed by atoms with Crippen molar-refractivity contribution >= 4 is 0 Å². The molecule has 1 unspecified atom stereocenters. The van der Waals surface area contributed by atoms with E-state index in [9.17, 15) is 15.3 Å². The van der Waals surface area contributed by atoms with E-state index in [1.165, 1.54) is 0 Å². The fourth-order valence-electron chi connectivity index (χ4n) is 2.05. The molecule has 0 spiro atoms. The summed E-state index contributed by atoms with van der Waals surface area (Å²) >= 11 is 0. The van der Waals surface area contributed by atoms with E-state index in [0.717, 1.165) is 0 Å². The maximum absolute atomic E-state index is 9.96. The molecule has 1 aliphatic rings. The first-order valence-corrected chi connectivity index (χ1v) is 5.48. The minimum absolute atomic E-state index is 0.331. The van der Waals surface area contributed by atoms with E-state index in [0.29, 0.717) is 11.0 Å². The van der Waals surface area contributed by atoms with Gasteiger partial charge in [-0.2, -0.15) is 0 Å². The third kappa shape index (κ3) is 2.37. The summed E-state index contributed by atoms with van der Waals surface area (Å²) in [6.07, 6.45) is -4.41. The van der Waals surface area contributed by atoms with Crippen molar-refractivity contribution < 1.29 is 29.6 Å². The Hall–Kier alpha value is -0.240. The molecule has 96 valence electrons. The van der Waals surface area contributed by atoms with Crippen molar-refractivity contribution in [3.63, 3.8) is 0 Å². The number of hydrogen-bond acceptors (Lipinski definition) is 5. The fraction of sp³-hybridized carbons (Fsp3) is 1.00. The second-order valence-electron chi connectivity index (χ2n) is 4.81. The molecule has 1 saturated heterocycles. The Morgan fingerprint density at radius 1 is 1.12 bits per heavy atom. The molecule has 1 heterocycles. The number of likely N-dealkylation sites (N-methyl/N-ethyl adjacent to an activating group) is 1. The second kappa shape index (κ2) is 4.95. The third-order valence-electron chi connectivity index (χ3n) is 3.49. The van der Waals surface area contributed by atoms with Gasteiger partial charge in [-0.1, -0.05) is 0 Å². The van der Waals surface area contributed by atoms with Crippen molar-refractivity contribution in [2.24, 2.45) is 0 Å². The molecule has 6 heteroatoms. The van der Waals surface area contributed by atoms with Gasteiger partial charge in [0, 0.05) is 0 Å². The van der Waals surface area contributed by atoms with Crippen LogP contribution in [0.25, 0.3) is 0 Å². The number of rotatable bonds is 3. The molecule has 0 saturated carbocycles. The zero-order chi connectivity index (χ0) is 12.5. The molecule has 0 amide bonds. The summed E-state index contributed by atoms with van der Waals surface area (Å²) in [5.41, 5.74) is 0. The molecule has 16 heavy (non-hydrogen) atoms. The Balaban J connectivity index is 2.87. The first kappa shape index (κ1) is 13.8. The predicted molar refractivity (Wildman–Crippen MR) is 56.4 cm³/mol. The molecular formula is C10H22NO5+. The van der Waals surface area contributed by atoms with Crippen molar-refractivity contribution in [3.05, 3.63) is 0 Å². The van der Waals surface area contributed by atoms with E-state index in [4.69, 9.17) is 9.84 Å². The van der Waals surface area contributed by atoms with Crippen LogP contribution in [0.5, 0.6) is 0 Å². The Kier molecular flexibility index (Phi) is 4.28. The quantitative estimate of drug-likeness (QED) is 0.421. The van der Waals surface area contributed by atoms with Crippen LogP contribution >= 0.6 is 0 Å². The lowest BCUT2D eigenvalue weighted by Crippen LogP contribution is -2.68. The van der Waals surface area contributed by atoms with Crippen LogP contribution < -0.4 is 0 Å². The summed E-state index contributed by atoms with van der Waals surface area (Å²) in [6, 6.07) is -0.622. The first-order valence-electron chi connectivity index (χ1n) is 5.48. The third-order valence-corrected chi connectivity index (χ3v) is 3.49. The minimum atomic E-state index is -1.19. The van der Waals surface area contributed by atoms with Gasteiger partial charge in [0.15, 0.2) is 6.04 Å². The summed E-state index contributed by atoms with van der Waals surface area (Å²) in [5.74, 6) is 0. The zero-order valence-corrected chi connectivity index (χ0v) is 9.95. The fourth-order valence-corrected chi connectivity index (χ4v) is 2.05. The summed E-state index contributed by atoms with van der Waals surface area (Å²) in [7, 11) is 3.68. The highest BCUT2D eigenvalue weighted by molar-refractivity contribution is 4.89. The van der Waals surface area contributed by atoms with Gasteiger partial charge in [-0.05, 0) is 6.92 Å². The van der Waals surface area contributed by atoms with Gasteiger partial charge in [0.2, 0.25) is 6.29 Å². The standard InChI is InChI=1S/C10H22NO5/c1-4-11(2,3)7-9(14)8(13)6(5-12)16-10(7)15/h6-10,12-15H,4-5H2,1-3H3/q+1/t6-,7-,8-,9-,10?/m1/s1. The smallest absolute Gasteiger partial charge is 0.211 e. The molecule has 0 aromatic heterocycles. The van der Waals surface area contributed by atoms with Crippen LogP contribution in [-0.4, -0.2) is 82.8 Å². The highest BCUT2D eigenvalue weighted by Crippen LogP contribution is 2.26. The molecule has 1 aliphatic heterocycles. The Morgan fingerprint density at radius 3 is 2.12 bits per heavy atom. The molecule has 0 aromatic rings. The van der Waals surface area contributed by atoms with Crippen LogP contribution in [0.2, 0.25) is 0 Å². The number of quaternary nitrogens is 1. The van der Waals surface area contributed by atoms with Gasteiger partial charge in [0.1, 0.15) is 18.3 Å². The lowest BCUT2D eigenvalue weighted by atomic mass is 9.95. The lowest BCUT2D eigenvalue weighted by Gasteiger charge is -2.47. The highest BCUT2D eigenvalue weighted by atomic mass is 16.6. The van der Waals surface area contributed by atoms with Crippen LogP contribution in [0, 0.1) is 0 Å². The van der Waals surface area contributed by atoms with Crippen LogP contribution in [0.4, 0.5) is 0 Å². The maximum Gasteiger partial charge on any atom is 0.211 e. The summed E-state index contributed by atoms with van der Waals surface area (Å²) in [4.78, 5) is 0. The predicted octanol–water partition coefficient (Wildman–Crippen LogP) is -2.12. The van der Waals surface area contributed by atoms with Gasteiger partial charge in [0.25, 0.3) is 0 Å². The van der Waals surface area contributed by atoms with E-state index < -0.39 is 37.3 Å². The van der Waals surface area contributed by atoms with Gasteiger partial charge < -0.3 is 29.6 Å². The van der Waals surface area contributed by atoms with Gasteiger partial charge >= 0.3 is 0 Å². The lowest BCUT2D eigenvalue weighted by molar-refractivity contribution is -0.926. The molecule has 4 N–H and O–H groups in total. The largest absolute Gasteiger partial charge is 0.394 e. The molecule has 1 fully saturated rings. The Labute approximate surface area is 95.3 Å². The Bertz CT molecular complexity index is 235. The van der Waals surface area contributed by atoms with Crippen molar-refractivity contribution in [1.29, 1.82) is 0 Å². The summed E-state index contributed by atoms with van der Waals surface area (Å²) in [5, 5.41) is 38.4. The molecule has 0 aromatic carbocycles. The molecule has 0 aliphatic carbocycles. The minimum Gasteiger partial charge on any atom is -0.394 e. The van der Waals surface area contributed by atoms with Crippen LogP contribution in [0.15, 0.2) is 0 Å². The number of hydrogen-bond donors (Lipinski definition) is 4. The average Bonchev–Trinajstić information content (AvgIpc) is 2.23. The van der Waals surface area contributed by atoms with E-state index in [-0.39, 0.29) is 0 Å². The van der Waals surface area contributed by atoms with Crippen LogP contribution in [-0.2, 0) is 4.74 Å². The summed E-state index contributed by atoms with van der Waals surface area (Å²) in [6.45, 7) is 2.17. The number of aliphatic hydroxyl groups is 4. The molecule has 6 nitrogen and oxygen atoms in total. The number of ether oxygens (including phenoxy) is 1. The maximum atomic E-state index is 9.96. The molecular weight excluding hydrogens is 214 g/mol. The van der Waals surface area contributed by atoms with Gasteiger partial charge in [-0.3, -0.25) is 0 Å².